The molecule has 1 saturated heterocycles. The molecule has 1 rings (SSSR count). The summed E-state index contributed by atoms with van der Waals surface area (Å²) in [5.41, 5.74) is 0. The molecule has 1 N–H and O–H groups in total. The summed E-state index contributed by atoms with van der Waals surface area (Å²) in [5, 5.41) is 9.83. The molecule has 4 heteroatoms. The van der Waals surface area contributed by atoms with Gasteiger partial charge in [-0.2, -0.15) is 0 Å². The topological polar surface area (TPSA) is 49.8 Å². The average molecular weight is 241 g/mol. The highest BCUT2D eigenvalue weighted by Crippen LogP contribution is 2.19. The Bertz CT molecular complexity index is 255. The second kappa shape index (κ2) is 7.45. The molecule has 2 unspecified atom stereocenters. The highest BCUT2D eigenvalue weighted by Gasteiger charge is 2.32. The number of allylic oxidation sites excluding steroid dienone is 1. The van der Waals surface area contributed by atoms with Crippen LogP contribution in [-0.2, 0) is 9.53 Å². The minimum Gasteiger partial charge on any atom is -0.465 e. The predicted octanol–water partition coefficient (Wildman–Crippen LogP) is 1.34. The number of hydrogen-bond donors (Lipinski definition) is 1. The van der Waals surface area contributed by atoms with E-state index in [9.17, 15) is 9.90 Å². The number of carbonyl (C=O) groups excluding carboxylic acids is 1. The molecule has 1 heterocycles. The first-order valence-corrected chi connectivity index (χ1v) is 6.38. The predicted molar refractivity (Wildman–Crippen MR) is 66.7 cm³/mol. The van der Waals surface area contributed by atoms with E-state index in [1.807, 2.05) is 11.8 Å². The molecule has 0 aliphatic carbocycles. The lowest BCUT2D eigenvalue weighted by atomic mass is 10.1. The second-order valence-electron chi connectivity index (χ2n) is 4.42. The van der Waals surface area contributed by atoms with E-state index in [1.165, 1.54) is 0 Å². The summed E-state index contributed by atoms with van der Waals surface area (Å²) in [5.74, 6) is -0.152. The maximum Gasteiger partial charge on any atom is 0.323 e. The van der Waals surface area contributed by atoms with Crippen molar-refractivity contribution in [1.82, 2.24) is 4.90 Å². The first-order chi connectivity index (χ1) is 8.19. The van der Waals surface area contributed by atoms with Gasteiger partial charge in [0.05, 0.1) is 12.7 Å². The van der Waals surface area contributed by atoms with E-state index in [0.29, 0.717) is 19.6 Å². The Morgan fingerprint density at radius 2 is 2.47 bits per heavy atom. The summed E-state index contributed by atoms with van der Waals surface area (Å²) in [7, 11) is 0. The van der Waals surface area contributed by atoms with Crippen molar-refractivity contribution in [2.75, 3.05) is 19.7 Å². The van der Waals surface area contributed by atoms with Gasteiger partial charge in [0.25, 0.3) is 0 Å². The van der Waals surface area contributed by atoms with Crippen molar-refractivity contribution in [1.29, 1.82) is 0 Å². The maximum atomic E-state index is 11.7. The van der Waals surface area contributed by atoms with Crippen molar-refractivity contribution < 1.29 is 14.6 Å². The van der Waals surface area contributed by atoms with E-state index in [2.05, 4.69) is 6.58 Å². The number of β-amino-alcohol motifs (C(OH)–C–C–N with tert-alkyl or cyclic N) is 1. The van der Waals surface area contributed by atoms with E-state index in [4.69, 9.17) is 4.74 Å². The number of ether oxygens (including phenoxy) is 1. The van der Waals surface area contributed by atoms with E-state index in [-0.39, 0.29) is 18.1 Å². The summed E-state index contributed by atoms with van der Waals surface area (Å²) in [4.78, 5) is 13.7. The third kappa shape index (κ3) is 4.48. The Morgan fingerprint density at radius 1 is 1.71 bits per heavy atom. The smallest absolute Gasteiger partial charge is 0.323 e. The number of aliphatic hydroxyl groups excluding tert-OH is 1. The SMILES string of the molecule is C=CCCC(O)CN1CCCC1C(=O)OCC. The molecule has 17 heavy (non-hydrogen) atoms. The number of esters is 1. The Balaban J connectivity index is 2.40. The van der Waals surface area contributed by atoms with Crippen LogP contribution in [-0.4, -0.2) is 47.8 Å². The zero-order chi connectivity index (χ0) is 12.7. The molecule has 98 valence electrons. The third-order valence-electron chi connectivity index (χ3n) is 3.07. The molecule has 0 aromatic rings. The Kier molecular flexibility index (Phi) is 6.22. The molecule has 1 fully saturated rings. The van der Waals surface area contributed by atoms with E-state index < -0.39 is 0 Å². The first-order valence-electron chi connectivity index (χ1n) is 6.38. The standard InChI is InChI=1S/C13H23NO3/c1-3-5-7-11(15)10-14-9-6-8-12(14)13(16)17-4-2/h3,11-12,15H,1,4-10H2,2H3. The van der Waals surface area contributed by atoms with Crippen LogP contribution in [0.2, 0.25) is 0 Å². The van der Waals surface area contributed by atoms with Crippen LogP contribution in [0.25, 0.3) is 0 Å². The highest BCUT2D eigenvalue weighted by atomic mass is 16.5. The molecular weight excluding hydrogens is 218 g/mol. The lowest BCUT2D eigenvalue weighted by Crippen LogP contribution is -2.41. The van der Waals surface area contributed by atoms with E-state index >= 15 is 0 Å². The molecular formula is C13H23NO3. The summed E-state index contributed by atoms with van der Waals surface area (Å²) >= 11 is 0. The molecule has 0 bridgehead atoms. The summed E-state index contributed by atoms with van der Waals surface area (Å²) in [6, 6.07) is -0.159. The summed E-state index contributed by atoms with van der Waals surface area (Å²) in [6.07, 6.45) is 4.76. The number of nitrogens with zero attached hydrogens (tertiary/aromatic N) is 1. The Hall–Kier alpha value is -0.870. The fraction of sp³-hybridized carbons (Fsp3) is 0.769. The monoisotopic (exact) mass is 241 g/mol. The van der Waals surface area contributed by atoms with Gasteiger partial charge >= 0.3 is 5.97 Å². The van der Waals surface area contributed by atoms with Gasteiger partial charge in [-0.15, -0.1) is 6.58 Å². The molecule has 1 aliphatic heterocycles. The minimum atomic E-state index is -0.386. The highest BCUT2D eigenvalue weighted by molar-refractivity contribution is 5.76. The number of rotatable bonds is 7. The number of hydrogen-bond acceptors (Lipinski definition) is 4. The summed E-state index contributed by atoms with van der Waals surface area (Å²) in [6.45, 7) is 7.29. The Labute approximate surface area is 103 Å². The number of aliphatic hydroxyl groups is 1. The normalized spacial score (nSPS) is 22.4. The van der Waals surface area contributed by atoms with Gasteiger partial charge < -0.3 is 9.84 Å². The van der Waals surface area contributed by atoms with Crippen molar-refractivity contribution in [3.05, 3.63) is 12.7 Å². The fourth-order valence-corrected chi connectivity index (χ4v) is 2.22. The third-order valence-corrected chi connectivity index (χ3v) is 3.07. The van der Waals surface area contributed by atoms with Gasteiger partial charge in [0.2, 0.25) is 0 Å². The van der Waals surface area contributed by atoms with Crippen LogP contribution in [0, 0.1) is 0 Å². The summed E-state index contributed by atoms with van der Waals surface area (Å²) < 4.78 is 5.04. The largest absolute Gasteiger partial charge is 0.465 e. The van der Waals surface area contributed by atoms with Gasteiger partial charge in [0.1, 0.15) is 6.04 Å². The maximum absolute atomic E-state index is 11.7. The minimum absolute atomic E-state index is 0.152. The lowest BCUT2D eigenvalue weighted by Gasteiger charge is -2.25. The fourth-order valence-electron chi connectivity index (χ4n) is 2.22. The Morgan fingerprint density at radius 3 is 3.12 bits per heavy atom. The molecule has 0 aromatic carbocycles. The second-order valence-corrected chi connectivity index (χ2v) is 4.42. The van der Waals surface area contributed by atoms with Crippen molar-refractivity contribution in [3.8, 4) is 0 Å². The van der Waals surface area contributed by atoms with Crippen LogP contribution in [0.5, 0.6) is 0 Å². The lowest BCUT2D eigenvalue weighted by molar-refractivity contribution is -0.148. The van der Waals surface area contributed by atoms with Crippen molar-refractivity contribution in [3.63, 3.8) is 0 Å². The zero-order valence-electron chi connectivity index (χ0n) is 10.6. The van der Waals surface area contributed by atoms with E-state index in [0.717, 1.165) is 25.8 Å². The molecule has 2 atom stereocenters. The van der Waals surface area contributed by atoms with Gasteiger partial charge in [-0.3, -0.25) is 9.69 Å². The zero-order valence-corrected chi connectivity index (χ0v) is 10.6. The molecule has 1 aliphatic rings. The van der Waals surface area contributed by atoms with Gasteiger partial charge in [-0.05, 0) is 39.2 Å². The molecule has 4 nitrogen and oxygen atoms in total. The van der Waals surface area contributed by atoms with Crippen LogP contribution in [0.4, 0.5) is 0 Å². The molecule has 0 spiro atoms. The first kappa shape index (κ1) is 14.2. The van der Waals surface area contributed by atoms with Crippen LogP contribution >= 0.6 is 0 Å². The van der Waals surface area contributed by atoms with Crippen molar-refractivity contribution in [2.24, 2.45) is 0 Å². The van der Waals surface area contributed by atoms with Crippen LogP contribution in [0.3, 0.4) is 0 Å². The molecule has 0 radical (unpaired) electrons. The van der Waals surface area contributed by atoms with Crippen molar-refractivity contribution >= 4 is 5.97 Å². The van der Waals surface area contributed by atoms with Crippen LogP contribution < -0.4 is 0 Å². The van der Waals surface area contributed by atoms with Crippen molar-refractivity contribution in [2.45, 2.75) is 44.8 Å². The molecule has 0 saturated carbocycles. The molecule has 0 aromatic heterocycles. The number of carbonyl (C=O) groups is 1. The number of likely N-dealkylation sites (tertiary alicyclic amines) is 1. The quantitative estimate of drug-likeness (QED) is 0.540. The molecule has 0 amide bonds. The van der Waals surface area contributed by atoms with Crippen LogP contribution in [0.1, 0.15) is 32.6 Å². The van der Waals surface area contributed by atoms with Crippen LogP contribution in [0.15, 0.2) is 12.7 Å². The average Bonchev–Trinajstić information content (AvgIpc) is 2.75. The van der Waals surface area contributed by atoms with Gasteiger partial charge in [0.15, 0.2) is 0 Å². The van der Waals surface area contributed by atoms with Gasteiger partial charge in [-0.1, -0.05) is 6.08 Å². The van der Waals surface area contributed by atoms with Gasteiger partial charge in [0, 0.05) is 6.54 Å². The van der Waals surface area contributed by atoms with Gasteiger partial charge in [-0.25, -0.2) is 0 Å². The van der Waals surface area contributed by atoms with E-state index in [1.54, 1.807) is 6.08 Å².